The van der Waals surface area contributed by atoms with Gasteiger partial charge in [0.1, 0.15) is 18.0 Å². The quantitative estimate of drug-likeness (QED) is 0.500. The smallest absolute Gasteiger partial charge is 0.257 e. The number of piperidine rings is 1. The summed E-state index contributed by atoms with van der Waals surface area (Å²) in [6, 6.07) is 11.4. The fourth-order valence-electron chi connectivity index (χ4n) is 4.51. The second-order valence-corrected chi connectivity index (χ2v) is 9.12. The predicted molar refractivity (Wildman–Crippen MR) is 132 cm³/mol. The first kappa shape index (κ1) is 23.8. The molecule has 0 atom stereocenters. The van der Waals surface area contributed by atoms with Crippen LogP contribution in [0.1, 0.15) is 54.2 Å². The number of imidazole rings is 1. The van der Waals surface area contributed by atoms with Gasteiger partial charge in [-0.3, -0.25) is 9.59 Å². The minimum Gasteiger partial charge on any atom is -0.486 e. The van der Waals surface area contributed by atoms with Crippen LogP contribution in [0.15, 0.2) is 48.8 Å². The molecule has 7 heteroatoms. The molecule has 1 aromatic carbocycles. The van der Waals surface area contributed by atoms with Crippen molar-refractivity contribution in [3.63, 3.8) is 0 Å². The normalized spacial score (nSPS) is 14.4. The summed E-state index contributed by atoms with van der Waals surface area (Å²) in [6.07, 6.45) is 7.40. The Balaban J connectivity index is 1.38. The molecule has 0 unspecified atom stereocenters. The van der Waals surface area contributed by atoms with E-state index in [0.717, 1.165) is 36.3 Å². The maximum Gasteiger partial charge on any atom is 0.257 e. The number of unbranched alkanes of at least 4 members (excludes halogenated alkanes) is 1. The standard InChI is InChI=1S/C27H34N4O3/c1-4-5-14-29(3)26(32)21-12-16-30(17-13-21)27(33)23-10-6-7-11-24(23)34-19-22-18-31-15-8-9-20(2)25(31)28-22/h6-11,15,18,21H,4-5,12-14,16-17,19H2,1-3H3. The maximum absolute atomic E-state index is 13.3. The number of pyridine rings is 1. The Morgan fingerprint density at radius 1 is 1.15 bits per heavy atom. The van der Waals surface area contributed by atoms with E-state index in [-0.39, 0.29) is 24.3 Å². The highest BCUT2D eigenvalue weighted by Gasteiger charge is 2.30. The summed E-state index contributed by atoms with van der Waals surface area (Å²) in [6.45, 7) is 6.40. The summed E-state index contributed by atoms with van der Waals surface area (Å²) >= 11 is 0. The zero-order valence-corrected chi connectivity index (χ0v) is 20.4. The Labute approximate surface area is 201 Å². The SMILES string of the molecule is CCCCN(C)C(=O)C1CCN(C(=O)c2ccccc2OCc2cn3cccc(C)c3n2)CC1. The van der Waals surface area contributed by atoms with E-state index in [1.165, 1.54) is 0 Å². The van der Waals surface area contributed by atoms with Crippen molar-refractivity contribution < 1.29 is 14.3 Å². The molecule has 4 rings (SSSR count). The minimum absolute atomic E-state index is 0.00379. The summed E-state index contributed by atoms with van der Waals surface area (Å²) in [5, 5.41) is 0. The zero-order chi connectivity index (χ0) is 24.1. The number of benzene rings is 1. The van der Waals surface area contributed by atoms with Gasteiger partial charge in [0.25, 0.3) is 5.91 Å². The van der Waals surface area contributed by atoms with Gasteiger partial charge >= 0.3 is 0 Å². The number of hydrogen-bond acceptors (Lipinski definition) is 4. The van der Waals surface area contributed by atoms with Gasteiger partial charge in [0.15, 0.2) is 0 Å². The average molecular weight is 463 g/mol. The van der Waals surface area contributed by atoms with Crippen molar-refractivity contribution in [2.24, 2.45) is 5.92 Å². The highest BCUT2D eigenvalue weighted by Crippen LogP contribution is 2.25. The molecule has 1 aliphatic rings. The number of amides is 2. The van der Waals surface area contributed by atoms with E-state index in [1.807, 2.05) is 70.9 Å². The van der Waals surface area contributed by atoms with Crippen molar-refractivity contribution in [3.05, 3.63) is 65.6 Å². The van der Waals surface area contributed by atoms with Gasteiger partial charge < -0.3 is 18.9 Å². The van der Waals surface area contributed by atoms with E-state index in [9.17, 15) is 9.59 Å². The van der Waals surface area contributed by atoms with Crippen LogP contribution in [0.4, 0.5) is 0 Å². The Bertz CT molecular complexity index is 1150. The second-order valence-electron chi connectivity index (χ2n) is 9.12. The zero-order valence-electron chi connectivity index (χ0n) is 20.4. The molecule has 0 N–H and O–H groups in total. The lowest BCUT2D eigenvalue weighted by molar-refractivity contribution is -0.135. The topological polar surface area (TPSA) is 67.2 Å². The molecular formula is C27H34N4O3. The van der Waals surface area contributed by atoms with Crippen LogP contribution in [-0.4, -0.2) is 57.7 Å². The number of para-hydroxylation sites is 1. The highest BCUT2D eigenvalue weighted by atomic mass is 16.5. The first-order valence-electron chi connectivity index (χ1n) is 12.2. The molecule has 1 saturated heterocycles. The third kappa shape index (κ3) is 5.24. The lowest BCUT2D eigenvalue weighted by Crippen LogP contribution is -2.43. The first-order chi connectivity index (χ1) is 16.5. The molecule has 3 heterocycles. The summed E-state index contributed by atoms with van der Waals surface area (Å²) in [5.41, 5.74) is 3.36. The van der Waals surface area contributed by atoms with Gasteiger partial charge in [-0.05, 0) is 49.9 Å². The van der Waals surface area contributed by atoms with E-state index < -0.39 is 0 Å². The van der Waals surface area contributed by atoms with Crippen LogP contribution in [0.2, 0.25) is 0 Å². The van der Waals surface area contributed by atoms with Crippen LogP contribution in [-0.2, 0) is 11.4 Å². The average Bonchev–Trinajstić information content (AvgIpc) is 3.30. The molecule has 0 radical (unpaired) electrons. The Kier molecular flexibility index (Phi) is 7.50. The van der Waals surface area contributed by atoms with Crippen molar-refractivity contribution in [3.8, 4) is 5.75 Å². The van der Waals surface area contributed by atoms with E-state index in [1.54, 1.807) is 6.07 Å². The van der Waals surface area contributed by atoms with Crippen LogP contribution in [0, 0.1) is 12.8 Å². The van der Waals surface area contributed by atoms with Crippen molar-refractivity contribution >= 4 is 17.5 Å². The van der Waals surface area contributed by atoms with Crippen molar-refractivity contribution in [1.82, 2.24) is 19.2 Å². The number of likely N-dealkylation sites (tertiary alicyclic amines) is 1. The number of nitrogens with zero attached hydrogens (tertiary/aromatic N) is 4. The molecule has 0 aliphatic carbocycles. The molecule has 34 heavy (non-hydrogen) atoms. The number of carbonyl (C=O) groups is 2. The van der Waals surface area contributed by atoms with Gasteiger partial charge in [0, 0.05) is 45.0 Å². The monoisotopic (exact) mass is 462 g/mol. The number of carbonyl (C=O) groups excluding carboxylic acids is 2. The maximum atomic E-state index is 13.3. The van der Waals surface area contributed by atoms with Crippen LogP contribution >= 0.6 is 0 Å². The van der Waals surface area contributed by atoms with Crippen molar-refractivity contribution in [1.29, 1.82) is 0 Å². The largest absolute Gasteiger partial charge is 0.486 e. The number of aryl methyl sites for hydroxylation is 1. The highest BCUT2D eigenvalue weighted by molar-refractivity contribution is 5.97. The second kappa shape index (κ2) is 10.7. The number of fused-ring (bicyclic) bond motifs is 1. The molecule has 1 aliphatic heterocycles. The van der Waals surface area contributed by atoms with Gasteiger partial charge in [0.2, 0.25) is 5.91 Å². The Morgan fingerprint density at radius 3 is 2.65 bits per heavy atom. The molecular weight excluding hydrogens is 428 g/mol. The number of rotatable bonds is 8. The molecule has 180 valence electrons. The van der Waals surface area contributed by atoms with Crippen molar-refractivity contribution in [2.45, 2.75) is 46.1 Å². The van der Waals surface area contributed by atoms with Crippen LogP contribution in [0.25, 0.3) is 5.65 Å². The van der Waals surface area contributed by atoms with Gasteiger partial charge in [-0.2, -0.15) is 0 Å². The fourth-order valence-corrected chi connectivity index (χ4v) is 4.51. The summed E-state index contributed by atoms with van der Waals surface area (Å²) in [7, 11) is 1.88. The predicted octanol–water partition coefficient (Wildman–Crippen LogP) is 4.33. The summed E-state index contributed by atoms with van der Waals surface area (Å²) in [5.74, 6) is 0.702. The molecule has 1 fully saturated rings. The van der Waals surface area contributed by atoms with Gasteiger partial charge in [-0.1, -0.05) is 31.5 Å². The van der Waals surface area contributed by atoms with Gasteiger partial charge in [0.05, 0.1) is 11.3 Å². The molecule has 3 aromatic rings. The molecule has 2 aromatic heterocycles. The van der Waals surface area contributed by atoms with Crippen LogP contribution in [0.5, 0.6) is 5.75 Å². The lowest BCUT2D eigenvalue weighted by atomic mass is 9.94. The van der Waals surface area contributed by atoms with Crippen molar-refractivity contribution in [2.75, 3.05) is 26.7 Å². The first-order valence-corrected chi connectivity index (χ1v) is 12.2. The molecule has 0 spiro atoms. The minimum atomic E-state index is -0.0494. The third-order valence-electron chi connectivity index (χ3n) is 6.58. The lowest BCUT2D eigenvalue weighted by Gasteiger charge is -2.33. The van der Waals surface area contributed by atoms with E-state index in [4.69, 9.17) is 4.74 Å². The Hall–Kier alpha value is -3.35. The van der Waals surface area contributed by atoms with E-state index in [2.05, 4.69) is 11.9 Å². The van der Waals surface area contributed by atoms with Gasteiger partial charge in [-0.15, -0.1) is 0 Å². The van der Waals surface area contributed by atoms with Crippen LogP contribution in [0.3, 0.4) is 0 Å². The molecule has 0 bridgehead atoms. The van der Waals surface area contributed by atoms with E-state index in [0.29, 0.717) is 37.2 Å². The molecule has 2 amide bonds. The summed E-state index contributed by atoms with van der Waals surface area (Å²) in [4.78, 5) is 34.3. The third-order valence-corrected chi connectivity index (χ3v) is 6.58. The Morgan fingerprint density at radius 2 is 1.91 bits per heavy atom. The molecule has 0 saturated carbocycles. The molecule has 7 nitrogen and oxygen atoms in total. The fraction of sp³-hybridized carbons (Fsp3) is 0.444. The number of aromatic nitrogens is 2. The van der Waals surface area contributed by atoms with E-state index >= 15 is 0 Å². The van der Waals surface area contributed by atoms with Gasteiger partial charge in [-0.25, -0.2) is 4.98 Å². The van der Waals surface area contributed by atoms with Crippen LogP contribution < -0.4 is 4.74 Å². The number of hydrogen-bond donors (Lipinski definition) is 0. The summed E-state index contributed by atoms with van der Waals surface area (Å²) < 4.78 is 8.03. The number of ether oxygens (including phenoxy) is 1.